The normalized spacial score (nSPS) is 16.7. The van der Waals surface area contributed by atoms with Crippen LogP contribution in [0.3, 0.4) is 0 Å². The van der Waals surface area contributed by atoms with Crippen molar-refractivity contribution in [3.63, 3.8) is 0 Å². The highest BCUT2D eigenvalue weighted by molar-refractivity contribution is 7.81. The molecular formula is C18H36O4S. The summed E-state index contributed by atoms with van der Waals surface area (Å²) in [7, 11) is -3.79. The van der Waals surface area contributed by atoms with Gasteiger partial charge in [0, 0.05) is 0 Å². The van der Waals surface area contributed by atoms with E-state index in [1.54, 1.807) is 0 Å². The van der Waals surface area contributed by atoms with Gasteiger partial charge in [-0.1, -0.05) is 84.0 Å². The minimum atomic E-state index is -3.79. The van der Waals surface area contributed by atoms with E-state index in [-0.39, 0.29) is 12.7 Å². The summed E-state index contributed by atoms with van der Waals surface area (Å²) in [5, 5.41) is 0. The van der Waals surface area contributed by atoms with Crippen LogP contribution in [0.25, 0.3) is 0 Å². The largest absolute Gasteiger partial charge is 0.400 e. The van der Waals surface area contributed by atoms with E-state index in [2.05, 4.69) is 6.92 Å². The maximum Gasteiger partial charge on any atom is 0.400 e. The number of hydrogen-bond donors (Lipinski definition) is 0. The first-order chi connectivity index (χ1) is 11.1. The van der Waals surface area contributed by atoms with Crippen molar-refractivity contribution in [1.29, 1.82) is 0 Å². The summed E-state index contributed by atoms with van der Waals surface area (Å²) in [6.07, 6.45) is 17.0. The number of unbranched alkanes of at least 4 members (excludes halogenated alkanes) is 9. The molecule has 0 aromatic carbocycles. The van der Waals surface area contributed by atoms with E-state index < -0.39 is 10.4 Å². The van der Waals surface area contributed by atoms with Crippen molar-refractivity contribution in [3.8, 4) is 0 Å². The second kappa shape index (κ2) is 13.2. The molecule has 23 heavy (non-hydrogen) atoms. The van der Waals surface area contributed by atoms with Crippen LogP contribution in [-0.2, 0) is 18.8 Å². The molecule has 0 bridgehead atoms. The van der Waals surface area contributed by atoms with Gasteiger partial charge in [-0.05, 0) is 19.3 Å². The summed E-state index contributed by atoms with van der Waals surface area (Å²) < 4.78 is 33.5. The van der Waals surface area contributed by atoms with Crippen LogP contribution in [0.4, 0.5) is 0 Å². The van der Waals surface area contributed by atoms with E-state index in [9.17, 15) is 8.42 Å². The third-order valence-electron chi connectivity index (χ3n) is 4.53. The Morgan fingerprint density at radius 2 is 1.30 bits per heavy atom. The summed E-state index contributed by atoms with van der Waals surface area (Å²) in [4.78, 5) is 0. The van der Waals surface area contributed by atoms with Gasteiger partial charge in [0.1, 0.15) is 0 Å². The first-order valence-corrected chi connectivity index (χ1v) is 11.0. The number of rotatable bonds is 14. The van der Waals surface area contributed by atoms with Crippen molar-refractivity contribution in [3.05, 3.63) is 0 Å². The van der Waals surface area contributed by atoms with Crippen molar-refractivity contribution in [2.24, 2.45) is 0 Å². The molecule has 0 atom stereocenters. The smallest absolute Gasteiger partial charge is 0.248 e. The predicted octanol–water partition coefficient (Wildman–Crippen LogP) is 5.52. The van der Waals surface area contributed by atoms with Gasteiger partial charge in [0.15, 0.2) is 0 Å². The zero-order valence-electron chi connectivity index (χ0n) is 14.9. The van der Waals surface area contributed by atoms with E-state index in [4.69, 9.17) is 8.37 Å². The van der Waals surface area contributed by atoms with Crippen LogP contribution < -0.4 is 0 Å². The van der Waals surface area contributed by atoms with Crippen molar-refractivity contribution in [2.75, 3.05) is 6.61 Å². The lowest BCUT2D eigenvalue weighted by atomic mass is 9.98. The molecule has 1 aliphatic carbocycles. The van der Waals surface area contributed by atoms with Gasteiger partial charge in [-0.3, -0.25) is 0 Å². The first kappa shape index (κ1) is 20.9. The van der Waals surface area contributed by atoms with E-state index in [1.165, 1.54) is 57.8 Å². The summed E-state index contributed by atoms with van der Waals surface area (Å²) in [6, 6.07) is 0. The highest BCUT2D eigenvalue weighted by Crippen LogP contribution is 2.22. The molecule has 0 N–H and O–H groups in total. The van der Waals surface area contributed by atoms with Gasteiger partial charge in [0.25, 0.3) is 0 Å². The summed E-state index contributed by atoms with van der Waals surface area (Å²) in [5.41, 5.74) is 0. The lowest BCUT2D eigenvalue weighted by molar-refractivity contribution is 0.124. The average molecular weight is 349 g/mol. The van der Waals surface area contributed by atoms with E-state index >= 15 is 0 Å². The van der Waals surface area contributed by atoms with Gasteiger partial charge in [0.05, 0.1) is 12.7 Å². The second-order valence-corrected chi connectivity index (χ2v) is 8.01. The van der Waals surface area contributed by atoms with Gasteiger partial charge in [-0.15, -0.1) is 0 Å². The fourth-order valence-corrected chi connectivity index (χ4v) is 4.01. The molecule has 0 amide bonds. The van der Waals surface area contributed by atoms with E-state index in [1.807, 2.05) is 0 Å². The quantitative estimate of drug-likeness (QED) is 0.388. The van der Waals surface area contributed by atoms with Crippen LogP contribution in [0.1, 0.15) is 103 Å². The lowest BCUT2D eigenvalue weighted by Gasteiger charge is -2.20. The van der Waals surface area contributed by atoms with Crippen molar-refractivity contribution in [2.45, 2.75) is 109 Å². The molecule has 4 nitrogen and oxygen atoms in total. The Morgan fingerprint density at radius 1 is 0.783 bits per heavy atom. The molecule has 0 heterocycles. The molecule has 0 aromatic heterocycles. The lowest BCUT2D eigenvalue weighted by Crippen LogP contribution is -2.22. The summed E-state index contributed by atoms with van der Waals surface area (Å²) >= 11 is 0. The molecule has 0 unspecified atom stereocenters. The third-order valence-corrected chi connectivity index (χ3v) is 5.49. The van der Waals surface area contributed by atoms with E-state index in [0.29, 0.717) is 0 Å². The Kier molecular flexibility index (Phi) is 12.0. The molecule has 0 spiro atoms. The molecule has 1 rings (SSSR count). The van der Waals surface area contributed by atoms with Gasteiger partial charge >= 0.3 is 10.4 Å². The highest BCUT2D eigenvalue weighted by atomic mass is 32.3. The van der Waals surface area contributed by atoms with Crippen LogP contribution in [0.2, 0.25) is 0 Å². The monoisotopic (exact) mass is 348 g/mol. The summed E-state index contributed by atoms with van der Waals surface area (Å²) in [5.74, 6) is 0. The molecule has 0 aliphatic heterocycles. The molecule has 138 valence electrons. The molecule has 1 aliphatic rings. The minimum Gasteiger partial charge on any atom is -0.248 e. The molecule has 0 saturated heterocycles. The Balaban J connectivity index is 1.91. The fourth-order valence-electron chi connectivity index (χ4n) is 3.11. The molecule has 5 heteroatoms. The molecule has 0 aromatic rings. The van der Waals surface area contributed by atoms with E-state index in [0.717, 1.165) is 38.5 Å². The fraction of sp³-hybridized carbons (Fsp3) is 1.00. The topological polar surface area (TPSA) is 52.6 Å². The van der Waals surface area contributed by atoms with Gasteiger partial charge in [-0.25, -0.2) is 8.37 Å². The first-order valence-electron chi connectivity index (χ1n) is 9.71. The molecule has 1 fully saturated rings. The average Bonchev–Trinajstić information content (AvgIpc) is 2.53. The highest BCUT2D eigenvalue weighted by Gasteiger charge is 2.22. The Bertz CT molecular complexity index is 361. The summed E-state index contributed by atoms with van der Waals surface area (Å²) in [6.45, 7) is 2.49. The van der Waals surface area contributed by atoms with Crippen LogP contribution >= 0.6 is 0 Å². The van der Waals surface area contributed by atoms with Crippen molar-refractivity contribution < 1.29 is 16.8 Å². The number of hydrogen-bond acceptors (Lipinski definition) is 4. The second-order valence-electron chi connectivity index (χ2n) is 6.77. The molecule has 0 radical (unpaired) electrons. The maximum absolute atomic E-state index is 11.7. The standard InChI is InChI=1S/C18H36O4S/c1-2-3-4-5-6-7-8-9-10-14-17-21-23(19,20)22-18-15-12-11-13-16-18/h18H,2-17H2,1H3. The van der Waals surface area contributed by atoms with Crippen LogP contribution in [0.15, 0.2) is 0 Å². The third kappa shape index (κ3) is 12.0. The van der Waals surface area contributed by atoms with Crippen molar-refractivity contribution in [1.82, 2.24) is 0 Å². The Labute approximate surface area is 143 Å². The van der Waals surface area contributed by atoms with Gasteiger partial charge in [-0.2, -0.15) is 8.42 Å². The molecular weight excluding hydrogens is 312 g/mol. The van der Waals surface area contributed by atoms with Gasteiger partial charge < -0.3 is 0 Å². The van der Waals surface area contributed by atoms with Crippen molar-refractivity contribution >= 4 is 10.4 Å². The SMILES string of the molecule is CCCCCCCCCCCCOS(=O)(=O)OC1CCCCC1. The van der Waals surface area contributed by atoms with Crippen LogP contribution in [-0.4, -0.2) is 21.1 Å². The molecule has 1 saturated carbocycles. The predicted molar refractivity (Wildman–Crippen MR) is 94.7 cm³/mol. The Morgan fingerprint density at radius 3 is 1.87 bits per heavy atom. The maximum atomic E-state index is 11.7. The van der Waals surface area contributed by atoms with Gasteiger partial charge in [0.2, 0.25) is 0 Å². The van der Waals surface area contributed by atoms with Crippen LogP contribution in [0, 0.1) is 0 Å². The van der Waals surface area contributed by atoms with Crippen LogP contribution in [0.5, 0.6) is 0 Å². The minimum absolute atomic E-state index is 0.165. The zero-order valence-corrected chi connectivity index (χ0v) is 15.7. The zero-order chi connectivity index (χ0) is 16.8. The Hall–Kier alpha value is -0.130.